The smallest absolute Gasteiger partial charge is 0.356 e. The third kappa shape index (κ3) is 2.14. The number of aromatic nitrogens is 2. The van der Waals surface area contributed by atoms with Gasteiger partial charge in [0, 0.05) is 12.6 Å². The molecule has 1 aromatic carbocycles. The van der Waals surface area contributed by atoms with Crippen LogP contribution in [0.25, 0.3) is 11.3 Å². The van der Waals surface area contributed by atoms with E-state index in [0.29, 0.717) is 11.6 Å². The molecule has 2 rings (SSSR count). The Balaban J connectivity index is 2.48. The van der Waals surface area contributed by atoms with Crippen LogP contribution in [0.15, 0.2) is 30.6 Å². The fourth-order valence-corrected chi connectivity index (χ4v) is 1.95. The standard InChI is InChI=1S/C14H16N2O2/c1-9(2)10-4-6-11(7-5-10)13-12(14(17)18)15-8-16(13)3/h4-9H,1-3H3,(H,17,18). The second-order valence-corrected chi connectivity index (χ2v) is 4.63. The van der Waals surface area contributed by atoms with Crippen molar-refractivity contribution in [3.8, 4) is 11.3 Å². The largest absolute Gasteiger partial charge is 0.476 e. The second kappa shape index (κ2) is 4.64. The first-order valence-electron chi connectivity index (χ1n) is 5.85. The number of benzene rings is 1. The number of imidazole rings is 1. The van der Waals surface area contributed by atoms with Gasteiger partial charge in [0.05, 0.1) is 12.0 Å². The molecule has 2 aromatic rings. The maximum atomic E-state index is 11.1. The van der Waals surface area contributed by atoms with Gasteiger partial charge >= 0.3 is 5.97 Å². The SMILES string of the molecule is CC(C)c1ccc(-c2c(C(=O)O)ncn2C)cc1. The Hall–Kier alpha value is -2.10. The maximum absolute atomic E-state index is 11.1. The highest BCUT2D eigenvalue weighted by molar-refractivity contribution is 5.92. The third-order valence-electron chi connectivity index (χ3n) is 2.99. The van der Waals surface area contributed by atoms with E-state index in [1.165, 1.54) is 11.9 Å². The molecule has 1 heterocycles. The Morgan fingerprint density at radius 2 is 1.89 bits per heavy atom. The molecule has 1 aromatic heterocycles. The molecule has 0 aliphatic carbocycles. The number of aryl methyl sites for hydroxylation is 1. The van der Waals surface area contributed by atoms with E-state index in [1.807, 2.05) is 24.3 Å². The molecule has 0 spiro atoms. The van der Waals surface area contributed by atoms with Gasteiger partial charge in [0.15, 0.2) is 5.69 Å². The first kappa shape index (κ1) is 12.4. The number of carbonyl (C=O) groups is 1. The minimum Gasteiger partial charge on any atom is -0.476 e. The van der Waals surface area contributed by atoms with E-state index in [1.54, 1.807) is 11.6 Å². The molecule has 0 aliphatic heterocycles. The van der Waals surface area contributed by atoms with Crippen molar-refractivity contribution in [1.29, 1.82) is 0 Å². The van der Waals surface area contributed by atoms with Crippen molar-refractivity contribution in [3.63, 3.8) is 0 Å². The molecule has 0 unspecified atom stereocenters. The summed E-state index contributed by atoms with van der Waals surface area (Å²) in [6.45, 7) is 4.25. The number of hydrogen-bond donors (Lipinski definition) is 1. The van der Waals surface area contributed by atoms with Crippen molar-refractivity contribution in [2.24, 2.45) is 7.05 Å². The summed E-state index contributed by atoms with van der Waals surface area (Å²) in [6.07, 6.45) is 1.52. The summed E-state index contributed by atoms with van der Waals surface area (Å²) < 4.78 is 1.73. The molecule has 4 heteroatoms. The normalized spacial score (nSPS) is 10.9. The minimum atomic E-state index is -1.00. The van der Waals surface area contributed by atoms with Crippen LogP contribution in [0.3, 0.4) is 0 Å². The molecule has 0 radical (unpaired) electrons. The molecule has 0 saturated carbocycles. The van der Waals surface area contributed by atoms with Gasteiger partial charge in [0.25, 0.3) is 0 Å². The second-order valence-electron chi connectivity index (χ2n) is 4.63. The van der Waals surface area contributed by atoms with E-state index in [9.17, 15) is 4.79 Å². The first-order chi connectivity index (χ1) is 8.50. The highest BCUT2D eigenvalue weighted by Gasteiger charge is 2.17. The number of hydrogen-bond acceptors (Lipinski definition) is 2. The Labute approximate surface area is 106 Å². The van der Waals surface area contributed by atoms with E-state index in [2.05, 4.69) is 18.8 Å². The summed E-state index contributed by atoms with van der Waals surface area (Å²) >= 11 is 0. The van der Waals surface area contributed by atoms with Crippen molar-refractivity contribution in [2.75, 3.05) is 0 Å². The van der Waals surface area contributed by atoms with Gasteiger partial charge < -0.3 is 9.67 Å². The summed E-state index contributed by atoms with van der Waals surface area (Å²) in [5.41, 5.74) is 2.84. The van der Waals surface area contributed by atoms with Crippen LogP contribution >= 0.6 is 0 Å². The number of aromatic carboxylic acids is 1. The van der Waals surface area contributed by atoms with Crippen LogP contribution in [0.5, 0.6) is 0 Å². The van der Waals surface area contributed by atoms with Gasteiger partial charge in [0.2, 0.25) is 0 Å². The lowest BCUT2D eigenvalue weighted by Gasteiger charge is -2.08. The van der Waals surface area contributed by atoms with E-state index in [-0.39, 0.29) is 5.69 Å². The van der Waals surface area contributed by atoms with Gasteiger partial charge in [0.1, 0.15) is 0 Å². The topological polar surface area (TPSA) is 55.1 Å². The molecule has 0 saturated heterocycles. The summed E-state index contributed by atoms with van der Waals surface area (Å²) in [6, 6.07) is 7.94. The van der Waals surface area contributed by atoms with E-state index in [0.717, 1.165) is 5.56 Å². The van der Waals surface area contributed by atoms with Crippen molar-refractivity contribution >= 4 is 5.97 Å². The van der Waals surface area contributed by atoms with Crippen LogP contribution in [0.1, 0.15) is 35.8 Å². The van der Waals surface area contributed by atoms with Gasteiger partial charge in [-0.05, 0) is 11.5 Å². The average molecular weight is 244 g/mol. The Morgan fingerprint density at radius 1 is 1.28 bits per heavy atom. The summed E-state index contributed by atoms with van der Waals surface area (Å²) in [5, 5.41) is 9.11. The highest BCUT2D eigenvalue weighted by Crippen LogP contribution is 2.24. The zero-order chi connectivity index (χ0) is 13.3. The minimum absolute atomic E-state index is 0.0924. The van der Waals surface area contributed by atoms with Crippen molar-refractivity contribution in [3.05, 3.63) is 41.9 Å². The number of nitrogens with zero attached hydrogens (tertiary/aromatic N) is 2. The lowest BCUT2D eigenvalue weighted by molar-refractivity contribution is 0.0692. The molecule has 0 bridgehead atoms. The Bertz CT molecular complexity index is 568. The van der Waals surface area contributed by atoms with Crippen LogP contribution in [0.4, 0.5) is 0 Å². The van der Waals surface area contributed by atoms with Gasteiger partial charge in [-0.15, -0.1) is 0 Å². The molecule has 0 atom stereocenters. The van der Waals surface area contributed by atoms with Crippen LogP contribution in [-0.4, -0.2) is 20.6 Å². The molecule has 4 nitrogen and oxygen atoms in total. The van der Waals surface area contributed by atoms with Crippen LogP contribution < -0.4 is 0 Å². The third-order valence-corrected chi connectivity index (χ3v) is 2.99. The molecular weight excluding hydrogens is 228 g/mol. The molecule has 1 N–H and O–H groups in total. The van der Waals surface area contributed by atoms with Crippen molar-refractivity contribution in [2.45, 2.75) is 19.8 Å². The van der Waals surface area contributed by atoms with Crippen LogP contribution in [0.2, 0.25) is 0 Å². The van der Waals surface area contributed by atoms with Crippen molar-refractivity contribution in [1.82, 2.24) is 9.55 Å². The lowest BCUT2D eigenvalue weighted by atomic mass is 10.0. The fourth-order valence-electron chi connectivity index (χ4n) is 1.95. The zero-order valence-electron chi connectivity index (χ0n) is 10.7. The fraction of sp³-hybridized carbons (Fsp3) is 0.286. The predicted octanol–water partition coefficient (Wildman–Crippen LogP) is 2.91. The van der Waals surface area contributed by atoms with Crippen LogP contribution in [-0.2, 0) is 7.05 Å². The predicted molar refractivity (Wildman–Crippen MR) is 69.7 cm³/mol. The number of rotatable bonds is 3. The zero-order valence-corrected chi connectivity index (χ0v) is 10.7. The van der Waals surface area contributed by atoms with Crippen molar-refractivity contribution < 1.29 is 9.90 Å². The van der Waals surface area contributed by atoms with E-state index < -0.39 is 5.97 Å². The van der Waals surface area contributed by atoms with E-state index >= 15 is 0 Å². The van der Waals surface area contributed by atoms with Gasteiger partial charge in [-0.1, -0.05) is 38.1 Å². The molecule has 0 aliphatic rings. The molecule has 18 heavy (non-hydrogen) atoms. The monoisotopic (exact) mass is 244 g/mol. The first-order valence-corrected chi connectivity index (χ1v) is 5.85. The van der Waals surface area contributed by atoms with Gasteiger partial charge in [-0.25, -0.2) is 9.78 Å². The quantitative estimate of drug-likeness (QED) is 0.903. The van der Waals surface area contributed by atoms with Gasteiger partial charge in [-0.3, -0.25) is 0 Å². The Morgan fingerprint density at radius 3 is 2.39 bits per heavy atom. The summed E-state index contributed by atoms with van der Waals surface area (Å²) in [7, 11) is 1.80. The van der Waals surface area contributed by atoms with E-state index in [4.69, 9.17) is 5.11 Å². The number of carboxylic acid groups (broad SMARTS) is 1. The molecule has 0 fully saturated rings. The average Bonchev–Trinajstić information content (AvgIpc) is 2.71. The van der Waals surface area contributed by atoms with Crippen LogP contribution in [0, 0.1) is 0 Å². The Kier molecular flexibility index (Phi) is 3.19. The molecule has 94 valence electrons. The highest BCUT2D eigenvalue weighted by atomic mass is 16.4. The molecule has 0 amide bonds. The maximum Gasteiger partial charge on any atom is 0.356 e. The summed E-state index contributed by atoms with van der Waals surface area (Å²) in [5.74, 6) is -0.539. The summed E-state index contributed by atoms with van der Waals surface area (Å²) in [4.78, 5) is 15.0. The van der Waals surface area contributed by atoms with Gasteiger partial charge in [-0.2, -0.15) is 0 Å². The molecular formula is C14H16N2O2. The lowest BCUT2D eigenvalue weighted by Crippen LogP contribution is -2.01. The number of carboxylic acids is 1.